The molecule has 0 saturated carbocycles. The van der Waals surface area contributed by atoms with Gasteiger partial charge in [-0.05, 0) is 64.1 Å². The number of rotatable bonds is 7. The van der Waals surface area contributed by atoms with Gasteiger partial charge < -0.3 is 14.6 Å². The van der Waals surface area contributed by atoms with Crippen molar-refractivity contribution in [3.05, 3.63) is 47.9 Å². The van der Waals surface area contributed by atoms with Crippen LogP contribution in [-0.4, -0.2) is 68.3 Å². The zero-order valence-electron chi connectivity index (χ0n) is 18.8. The molecule has 2 N–H and O–H groups in total. The summed E-state index contributed by atoms with van der Waals surface area (Å²) < 4.78 is 32.4. The van der Waals surface area contributed by atoms with Crippen molar-refractivity contribution in [3.8, 4) is 0 Å². The predicted octanol–water partition coefficient (Wildman–Crippen LogP) is 2.06. The highest BCUT2D eigenvalue weighted by Gasteiger charge is 2.29. The van der Waals surface area contributed by atoms with E-state index in [-0.39, 0.29) is 22.8 Å². The van der Waals surface area contributed by atoms with E-state index < -0.39 is 16.1 Å². The second kappa shape index (κ2) is 9.85. The Balaban J connectivity index is 1.53. The smallest absolute Gasteiger partial charge is 0.289 e. The van der Waals surface area contributed by atoms with Gasteiger partial charge >= 0.3 is 0 Å². The molecule has 1 fully saturated rings. The van der Waals surface area contributed by atoms with Crippen LogP contribution in [0.15, 0.2) is 45.7 Å². The van der Waals surface area contributed by atoms with Crippen LogP contribution < -0.4 is 10.0 Å². The Hall–Kier alpha value is -2.69. The zero-order chi connectivity index (χ0) is 23.5. The molecule has 2 aromatic rings. The van der Waals surface area contributed by atoms with Crippen molar-refractivity contribution in [2.75, 3.05) is 31.5 Å². The van der Waals surface area contributed by atoms with Crippen LogP contribution in [0.25, 0.3) is 0 Å². The van der Waals surface area contributed by atoms with Crippen molar-refractivity contribution in [1.29, 1.82) is 0 Å². The molecule has 0 spiro atoms. The minimum Gasteiger partial charge on any atom is -0.456 e. The van der Waals surface area contributed by atoms with E-state index in [1.807, 2.05) is 11.8 Å². The number of nitrogens with one attached hydrogen (secondary N) is 2. The predicted molar refractivity (Wildman–Crippen MR) is 121 cm³/mol. The van der Waals surface area contributed by atoms with Gasteiger partial charge in [0.15, 0.2) is 5.76 Å². The third kappa shape index (κ3) is 5.76. The summed E-state index contributed by atoms with van der Waals surface area (Å²) in [5.41, 5.74) is 0.521. The maximum absolute atomic E-state index is 12.7. The third-order valence-electron chi connectivity index (χ3n) is 5.30. The summed E-state index contributed by atoms with van der Waals surface area (Å²) >= 11 is 0. The molecule has 1 saturated heterocycles. The first kappa shape index (κ1) is 24.0. The second-order valence-electron chi connectivity index (χ2n) is 8.20. The van der Waals surface area contributed by atoms with Crippen molar-refractivity contribution >= 4 is 27.5 Å². The topological polar surface area (TPSA) is 112 Å². The number of piperazine rings is 1. The molecule has 3 rings (SSSR count). The van der Waals surface area contributed by atoms with Gasteiger partial charge in [0.25, 0.3) is 5.91 Å². The van der Waals surface area contributed by atoms with Gasteiger partial charge in [-0.15, -0.1) is 0 Å². The summed E-state index contributed by atoms with van der Waals surface area (Å²) in [6.45, 7) is 9.26. The monoisotopic (exact) mass is 462 g/mol. The van der Waals surface area contributed by atoms with E-state index in [0.29, 0.717) is 43.4 Å². The van der Waals surface area contributed by atoms with E-state index in [4.69, 9.17) is 4.42 Å². The zero-order valence-corrected chi connectivity index (χ0v) is 19.6. The molecule has 1 aliphatic rings. The Morgan fingerprint density at radius 1 is 0.969 bits per heavy atom. The fourth-order valence-electron chi connectivity index (χ4n) is 3.53. The molecule has 1 atom stereocenters. The SMILES string of the molecule is Cc1ccc(C(=O)N2CCN(C(C)C(=O)Nc3ccc(S(=O)(=O)NC(C)C)cc3)CC2)o1. The average Bonchev–Trinajstić information content (AvgIpc) is 3.18. The van der Waals surface area contributed by atoms with Crippen LogP contribution in [0.4, 0.5) is 5.69 Å². The average molecular weight is 463 g/mol. The van der Waals surface area contributed by atoms with Crippen LogP contribution in [0, 0.1) is 6.92 Å². The molecule has 9 nitrogen and oxygen atoms in total. The van der Waals surface area contributed by atoms with Gasteiger partial charge in [0.05, 0.1) is 10.9 Å². The maximum Gasteiger partial charge on any atom is 0.289 e. The lowest BCUT2D eigenvalue weighted by Gasteiger charge is -2.37. The van der Waals surface area contributed by atoms with E-state index in [1.165, 1.54) is 12.1 Å². The first-order valence-corrected chi connectivity index (χ1v) is 12.1. The molecule has 1 aliphatic heterocycles. The Bertz CT molecular complexity index is 1050. The molecule has 1 aromatic heterocycles. The lowest BCUT2D eigenvalue weighted by molar-refractivity contribution is -0.121. The van der Waals surface area contributed by atoms with Gasteiger partial charge in [-0.2, -0.15) is 0 Å². The molecule has 174 valence electrons. The summed E-state index contributed by atoms with van der Waals surface area (Å²) in [6.07, 6.45) is 0. The highest BCUT2D eigenvalue weighted by atomic mass is 32.2. The molecular formula is C22H30N4O5S. The van der Waals surface area contributed by atoms with Gasteiger partial charge in [-0.25, -0.2) is 13.1 Å². The van der Waals surface area contributed by atoms with Crippen LogP contribution >= 0.6 is 0 Å². The van der Waals surface area contributed by atoms with Crippen molar-refractivity contribution < 1.29 is 22.4 Å². The van der Waals surface area contributed by atoms with Crippen molar-refractivity contribution in [3.63, 3.8) is 0 Å². The fraction of sp³-hybridized carbons (Fsp3) is 0.455. The van der Waals surface area contributed by atoms with Gasteiger partial charge in [-0.1, -0.05) is 0 Å². The molecule has 1 aromatic carbocycles. The van der Waals surface area contributed by atoms with Gasteiger partial charge in [0.1, 0.15) is 5.76 Å². The number of anilines is 1. The number of furan rings is 1. The van der Waals surface area contributed by atoms with Crippen molar-refractivity contribution in [2.24, 2.45) is 0 Å². The van der Waals surface area contributed by atoms with Gasteiger partial charge in [-0.3, -0.25) is 14.5 Å². The lowest BCUT2D eigenvalue weighted by atomic mass is 10.2. The molecule has 10 heteroatoms. The Morgan fingerprint density at radius 3 is 2.12 bits per heavy atom. The highest BCUT2D eigenvalue weighted by Crippen LogP contribution is 2.17. The van der Waals surface area contributed by atoms with E-state index in [0.717, 1.165) is 0 Å². The number of hydrogen-bond acceptors (Lipinski definition) is 6. The molecule has 2 heterocycles. The minimum atomic E-state index is -3.58. The Kier molecular flexibility index (Phi) is 7.37. The van der Waals surface area contributed by atoms with E-state index in [9.17, 15) is 18.0 Å². The van der Waals surface area contributed by atoms with Crippen LogP contribution in [0.3, 0.4) is 0 Å². The largest absolute Gasteiger partial charge is 0.456 e. The van der Waals surface area contributed by atoms with Crippen LogP contribution in [0.5, 0.6) is 0 Å². The number of benzene rings is 1. The minimum absolute atomic E-state index is 0.142. The quantitative estimate of drug-likeness (QED) is 0.651. The van der Waals surface area contributed by atoms with Gasteiger partial charge in [0, 0.05) is 37.9 Å². The molecule has 2 amide bonds. The summed E-state index contributed by atoms with van der Waals surface area (Å²) in [5.74, 6) is 0.689. The highest BCUT2D eigenvalue weighted by molar-refractivity contribution is 7.89. The standard InChI is InChI=1S/C22H30N4O5S/c1-15(2)24-32(29,30)19-8-6-18(7-9-19)23-21(27)17(4)25-11-13-26(14-12-25)22(28)20-10-5-16(3)31-20/h5-10,15,17,24H,11-14H2,1-4H3,(H,23,27). The molecule has 0 radical (unpaired) electrons. The number of amides is 2. The normalized spacial score (nSPS) is 16.2. The van der Waals surface area contributed by atoms with Crippen molar-refractivity contribution in [1.82, 2.24) is 14.5 Å². The van der Waals surface area contributed by atoms with Crippen LogP contribution in [0.1, 0.15) is 37.1 Å². The first-order chi connectivity index (χ1) is 15.1. The second-order valence-corrected chi connectivity index (χ2v) is 9.92. The summed E-state index contributed by atoms with van der Waals surface area (Å²) in [6, 6.07) is 8.90. The molecule has 32 heavy (non-hydrogen) atoms. The Morgan fingerprint density at radius 2 is 1.59 bits per heavy atom. The molecular weight excluding hydrogens is 432 g/mol. The first-order valence-electron chi connectivity index (χ1n) is 10.6. The maximum atomic E-state index is 12.7. The lowest BCUT2D eigenvalue weighted by Crippen LogP contribution is -2.54. The van der Waals surface area contributed by atoms with Gasteiger partial charge in [0.2, 0.25) is 15.9 Å². The number of aryl methyl sites for hydroxylation is 1. The van der Waals surface area contributed by atoms with E-state index >= 15 is 0 Å². The molecule has 1 unspecified atom stereocenters. The van der Waals surface area contributed by atoms with E-state index in [2.05, 4.69) is 10.0 Å². The van der Waals surface area contributed by atoms with Crippen LogP contribution in [0.2, 0.25) is 0 Å². The summed E-state index contributed by atoms with van der Waals surface area (Å²) in [4.78, 5) is 29.1. The van der Waals surface area contributed by atoms with E-state index in [1.54, 1.807) is 49.9 Å². The summed E-state index contributed by atoms with van der Waals surface area (Å²) in [7, 11) is -3.58. The number of carbonyl (C=O) groups is 2. The fourth-order valence-corrected chi connectivity index (χ4v) is 4.78. The Labute approximate surface area is 188 Å². The molecule has 0 bridgehead atoms. The summed E-state index contributed by atoms with van der Waals surface area (Å²) in [5, 5.41) is 2.83. The number of carbonyl (C=O) groups excluding carboxylic acids is 2. The number of sulfonamides is 1. The van der Waals surface area contributed by atoms with Crippen molar-refractivity contribution in [2.45, 2.75) is 44.7 Å². The number of nitrogens with zero attached hydrogens (tertiary/aromatic N) is 2. The van der Waals surface area contributed by atoms with Crippen LogP contribution in [-0.2, 0) is 14.8 Å². The third-order valence-corrected chi connectivity index (χ3v) is 6.98. The number of hydrogen-bond donors (Lipinski definition) is 2. The molecule has 0 aliphatic carbocycles.